The van der Waals surface area contributed by atoms with E-state index in [0.29, 0.717) is 31.0 Å². The van der Waals surface area contributed by atoms with Gasteiger partial charge in [0.2, 0.25) is 0 Å². The van der Waals surface area contributed by atoms with Gasteiger partial charge < -0.3 is 20.1 Å². The van der Waals surface area contributed by atoms with Gasteiger partial charge in [0, 0.05) is 24.9 Å². The Morgan fingerprint density at radius 1 is 1.19 bits per heavy atom. The molecule has 2 heterocycles. The number of anilines is 2. The van der Waals surface area contributed by atoms with Crippen LogP contribution in [0.1, 0.15) is 18.2 Å². The van der Waals surface area contributed by atoms with Gasteiger partial charge in [-0.05, 0) is 54.5 Å². The lowest BCUT2D eigenvalue weighted by Crippen LogP contribution is -2.36. The standard InChI is InChI=1S/C23H24FN5O3/c1-16(12-23(30)31)17-2-7-21(28-8-10-32-11-9-28)22(13-17)29-15-20(26-27-29)14-25-19-5-3-18(24)4-6-19/h2-7,12-13,15,25H,8-11,14H2,1H3,(H,30,31)/b16-12+. The van der Waals surface area contributed by atoms with Crippen LogP contribution in [0.4, 0.5) is 15.8 Å². The van der Waals surface area contributed by atoms with E-state index in [-0.39, 0.29) is 5.82 Å². The number of carboxylic acid groups (broad SMARTS) is 1. The number of morpholine rings is 1. The second-order valence-corrected chi connectivity index (χ2v) is 7.48. The first-order valence-electron chi connectivity index (χ1n) is 10.3. The molecule has 32 heavy (non-hydrogen) atoms. The zero-order chi connectivity index (χ0) is 22.5. The van der Waals surface area contributed by atoms with Gasteiger partial charge in [0.1, 0.15) is 11.5 Å². The Kier molecular flexibility index (Phi) is 6.46. The number of hydrogen-bond acceptors (Lipinski definition) is 6. The van der Waals surface area contributed by atoms with Crippen molar-refractivity contribution in [2.75, 3.05) is 36.5 Å². The van der Waals surface area contributed by atoms with E-state index in [4.69, 9.17) is 9.84 Å². The third-order valence-corrected chi connectivity index (χ3v) is 5.23. The summed E-state index contributed by atoms with van der Waals surface area (Å²) in [5.74, 6) is -1.28. The van der Waals surface area contributed by atoms with Gasteiger partial charge in [0.15, 0.2) is 0 Å². The van der Waals surface area contributed by atoms with Crippen LogP contribution in [0.5, 0.6) is 0 Å². The second-order valence-electron chi connectivity index (χ2n) is 7.48. The van der Waals surface area contributed by atoms with E-state index in [1.807, 2.05) is 24.4 Å². The summed E-state index contributed by atoms with van der Waals surface area (Å²) in [4.78, 5) is 13.3. The highest BCUT2D eigenvalue weighted by atomic mass is 19.1. The third-order valence-electron chi connectivity index (χ3n) is 5.23. The number of hydrogen-bond donors (Lipinski definition) is 2. The molecular formula is C23H24FN5O3. The maximum Gasteiger partial charge on any atom is 0.328 e. The molecule has 8 nitrogen and oxygen atoms in total. The molecule has 166 valence electrons. The van der Waals surface area contributed by atoms with Crippen molar-refractivity contribution in [2.45, 2.75) is 13.5 Å². The highest BCUT2D eigenvalue weighted by Crippen LogP contribution is 2.29. The van der Waals surface area contributed by atoms with Gasteiger partial charge in [-0.3, -0.25) is 0 Å². The van der Waals surface area contributed by atoms with Gasteiger partial charge in [-0.25, -0.2) is 13.9 Å². The fourth-order valence-electron chi connectivity index (χ4n) is 3.55. The van der Waals surface area contributed by atoms with Gasteiger partial charge in [-0.1, -0.05) is 11.3 Å². The summed E-state index contributed by atoms with van der Waals surface area (Å²) >= 11 is 0. The van der Waals surface area contributed by atoms with Gasteiger partial charge in [-0.15, -0.1) is 5.10 Å². The molecule has 9 heteroatoms. The van der Waals surface area contributed by atoms with Gasteiger partial charge >= 0.3 is 5.97 Å². The van der Waals surface area contributed by atoms with Crippen molar-refractivity contribution in [2.24, 2.45) is 0 Å². The first-order valence-corrected chi connectivity index (χ1v) is 10.3. The average molecular weight is 437 g/mol. The molecule has 0 bridgehead atoms. The summed E-state index contributed by atoms with van der Waals surface area (Å²) < 4.78 is 20.3. The third kappa shape index (κ3) is 5.12. The molecule has 0 saturated carbocycles. The minimum atomic E-state index is -0.990. The van der Waals surface area contributed by atoms with Crippen molar-refractivity contribution < 1.29 is 19.0 Å². The molecule has 0 aliphatic carbocycles. The van der Waals surface area contributed by atoms with E-state index in [2.05, 4.69) is 20.5 Å². The van der Waals surface area contributed by atoms with Crippen molar-refractivity contribution in [3.05, 3.63) is 71.8 Å². The van der Waals surface area contributed by atoms with Crippen molar-refractivity contribution in [3.8, 4) is 5.69 Å². The average Bonchev–Trinajstić information content (AvgIpc) is 3.27. The molecule has 2 aromatic carbocycles. The van der Waals surface area contributed by atoms with Crippen LogP contribution in [0.3, 0.4) is 0 Å². The number of aliphatic carboxylic acids is 1. The molecule has 3 aromatic rings. The maximum absolute atomic E-state index is 13.1. The maximum atomic E-state index is 13.1. The van der Waals surface area contributed by atoms with E-state index in [0.717, 1.165) is 35.7 Å². The summed E-state index contributed by atoms with van der Waals surface area (Å²) in [5.41, 5.74) is 4.72. The molecule has 0 radical (unpaired) electrons. The first-order chi connectivity index (χ1) is 15.5. The smallest absolute Gasteiger partial charge is 0.328 e. The Labute approximate surface area is 184 Å². The topological polar surface area (TPSA) is 92.5 Å². The van der Waals surface area contributed by atoms with Crippen LogP contribution in [0.2, 0.25) is 0 Å². The van der Waals surface area contributed by atoms with Gasteiger partial charge in [-0.2, -0.15) is 0 Å². The molecule has 2 N–H and O–H groups in total. The van der Waals surface area contributed by atoms with E-state index >= 15 is 0 Å². The zero-order valence-electron chi connectivity index (χ0n) is 17.7. The molecule has 0 spiro atoms. The molecular weight excluding hydrogens is 413 g/mol. The van der Waals surface area contributed by atoms with E-state index in [1.54, 1.807) is 23.7 Å². The predicted octanol–water partition coefficient (Wildman–Crippen LogP) is 3.34. The molecule has 0 amide bonds. The number of halogens is 1. The van der Waals surface area contributed by atoms with E-state index in [1.165, 1.54) is 18.2 Å². The monoisotopic (exact) mass is 437 g/mol. The van der Waals surface area contributed by atoms with Crippen LogP contribution in [-0.2, 0) is 16.1 Å². The minimum absolute atomic E-state index is 0.288. The van der Waals surface area contributed by atoms with Gasteiger partial charge in [0.05, 0.1) is 37.3 Å². The number of carboxylic acids is 1. The van der Waals surface area contributed by atoms with Crippen molar-refractivity contribution in [1.82, 2.24) is 15.0 Å². The molecule has 0 atom stereocenters. The Morgan fingerprint density at radius 3 is 2.66 bits per heavy atom. The Morgan fingerprint density at radius 2 is 1.94 bits per heavy atom. The summed E-state index contributed by atoms with van der Waals surface area (Å²) in [6, 6.07) is 11.9. The highest BCUT2D eigenvalue weighted by molar-refractivity contribution is 5.90. The molecule has 1 aliphatic heterocycles. The van der Waals surface area contributed by atoms with Gasteiger partial charge in [0.25, 0.3) is 0 Å². The molecule has 1 saturated heterocycles. The lowest BCUT2D eigenvalue weighted by atomic mass is 10.0. The fourth-order valence-corrected chi connectivity index (χ4v) is 3.55. The number of rotatable bonds is 7. The molecule has 0 unspecified atom stereocenters. The minimum Gasteiger partial charge on any atom is -0.478 e. The predicted molar refractivity (Wildman–Crippen MR) is 119 cm³/mol. The molecule has 4 rings (SSSR count). The lowest BCUT2D eigenvalue weighted by molar-refractivity contribution is -0.131. The number of allylic oxidation sites excluding steroid dienone is 1. The van der Waals surface area contributed by atoms with Crippen LogP contribution >= 0.6 is 0 Å². The fraction of sp³-hybridized carbons (Fsp3) is 0.261. The Balaban J connectivity index is 1.62. The van der Waals surface area contributed by atoms with Crippen LogP contribution < -0.4 is 10.2 Å². The van der Waals surface area contributed by atoms with Crippen molar-refractivity contribution >= 4 is 22.9 Å². The van der Waals surface area contributed by atoms with E-state index in [9.17, 15) is 9.18 Å². The van der Waals surface area contributed by atoms with Crippen molar-refractivity contribution in [3.63, 3.8) is 0 Å². The largest absolute Gasteiger partial charge is 0.478 e. The van der Waals surface area contributed by atoms with E-state index < -0.39 is 5.97 Å². The summed E-state index contributed by atoms with van der Waals surface area (Å²) in [7, 11) is 0. The lowest BCUT2D eigenvalue weighted by Gasteiger charge is -2.30. The van der Waals surface area contributed by atoms with Crippen LogP contribution in [0.15, 0.2) is 54.7 Å². The normalized spacial score (nSPS) is 14.4. The summed E-state index contributed by atoms with van der Waals surface area (Å²) in [6.07, 6.45) is 3.02. The van der Waals surface area contributed by atoms with Crippen molar-refractivity contribution in [1.29, 1.82) is 0 Å². The Hall–Kier alpha value is -3.72. The Bertz CT molecular complexity index is 1120. The molecule has 1 aromatic heterocycles. The number of benzene rings is 2. The number of carbonyl (C=O) groups is 1. The first kappa shape index (κ1) is 21.5. The number of nitrogens with one attached hydrogen (secondary N) is 1. The quantitative estimate of drug-likeness (QED) is 0.548. The number of nitrogens with zero attached hydrogens (tertiary/aromatic N) is 4. The summed E-state index contributed by atoms with van der Waals surface area (Å²) in [6.45, 7) is 4.98. The number of ether oxygens (including phenoxy) is 1. The molecule has 1 fully saturated rings. The SMILES string of the molecule is C/C(=C\C(=O)O)c1ccc(N2CCOCC2)c(-n2cc(CNc3ccc(F)cc3)nn2)c1. The highest BCUT2D eigenvalue weighted by Gasteiger charge is 2.18. The van der Waals surface area contributed by atoms with Crippen LogP contribution in [0, 0.1) is 5.82 Å². The number of aromatic nitrogens is 3. The molecule has 1 aliphatic rings. The second kappa shape index (κ2) is 9.61. The van der Waals surface area contributed by atoms with Crippen LogP contribution in [-0.4, -0.2) is 52.4 Å². The summed E-state index contributed by atoms with van der Waals surface area (Å²) in [5, 5.41) is 20.9. The zero-order valence-corrected chi connectivity index (χ0v) is 17.7. The van der Waals surface area contributed by atoms with Crippen LogP contribution in [0.25, 0.3) is 11.3 Å².